The van der Waals surface area contributed by atoms with Crippen molar-refractivity contribution in [1.29, 1.82) is 0 Å². The van der Waals surface area contributed by atoms with Crippen LogP contribution in [0.1, 0.15) is 24.1 Å². The fraction of sp³-hybridized carbons (Fsp3) is 0.333. The van der Waals surface area contributed by atoms with E-state index in [0.717, 1.165) is 17.2 Å². The van der Waals surface area contributed by atoms with Gasteiger partial charge in [-0.05, 0) is 13.8 Å². The summed E-state index contributed by atoms with van der Waals surface area (Å²) in [6.07, 6.45) is 4.28. The third-order valence-electron chi connectivity index (χ3n) is 2.73. The number of hydrogen-bond donors (Lipinski definition) is 0. The van der Waals surface area contributed by atoms with Gasteiger partial charge in [0.1, 0.15) is 12.4 Å². The van der Waals surface area contributed by atoms with E-state index in [1.54, 1.807) is 13.0 Å². The van der Waals surface area contributed by atoms with E-state index < -0.39 is 5.97 Å². The molecule has 4 nitrogen and oxygen atoms in total. The van der Waals surface area contributed by atoms with E-state index in [1.165, 1.54) is 0 Å². The van der Waals surface area contributed by atoms with Crippen LogP contribution in [0.4, 0.5) is 0 Å². The van der Waals surface area contributed by atoms with Crippen LogP contribution >= 0.6 is 0 Å². The first-order chi connectivity index (χ1) is 9.01. The first kappa shape index (κ1) is 15.0. The van der Waals surface area contributed by atoms with E-state index >= 15 is 0 Å². The molecule has 0 spiro atoms. The number of esters is 1. The molecule has 19 heavy (non-hydrogen) atoms. The van der Waals surface area contributed by atoms with Crippen LogP contribution in [0, 0.1) is 6.92 Å². The Labute approximate surface area is 114 Å². The number of ether oxygens (including phenoxy) is 1. The zero-order chi connectivity index (χ0) is 14.4. The molecule has 0 atom stereocenters. The molecule has 0 bridgehead atoms. The second-order valence-electron chi connectivity index (χ2n) is 4.31. The molecule has 0 N–H and O–H groups in total. The van der Waals surface area contributed by atoms with Crippen molar-refractivity contribution in [2.75, 3.05) is 0 Å². The summed E-state index contributed by atoms with van der Waals surface area (Å²) in [7, 11) is 0. The van der Waals surface area contributed by atoms with Gasteiger partial charge >= 0.3 is 5.97 Å². The largest absolute Gasteiger partial charge is 0.456 e. The van der Waals surface area contributed by atoms with Crippen LogP contribution in [0.2, 0.25) is 0 Å². The van der Waals surface area contributed by atoms with Crippen LogP contribution < -0.4 is 0 Å². The molecule has 1 aromatic heterocycles. The maximum atomic E-state index is 11.4. The normalized spacial score (nSPS) is 10.0. The Bertz CT molecular complexity index is 512. The highest BCUT2D eigenvalue weighted by Crippen LogP contribution is 2.14. The summed E-state index contributed by atoms with van der Waals surface area (Å²) < 4.78 is 7.17. The second kappa shape index (κ2) is 6.73. The van der Waals surface area contributed by atoms with Gasteiger partial charge in [0.2, 0.25) is 0 Å². The van der Waals surface area contributed by atoms with Gasteiger partial charge < -0.3 is 9.30 Å². The Morgan fingerprint density at radius 1 is 1.42 bits per heavy atom. The summed E-state index contributed by atoms with van der Waals surface area (Å²) in [5, 5.41) is 0. The van der Waals surface area contributed by atoms with Gasteiger partial charge in [-0.15, -0.1) is 13.2 Å². The number of carbonyl (C=O) groups is 1. The lowest BCUT2D eigenvalue weighted by Crippen LogP contribution is -2.06. The molecule has 0 aliphatic heterocycles. The summed E-state index contributed by atoms with van der Waals surface area (Å²) >= 11 is 0. The van der Waals surface area contributed by atoms with Gasteiger partial charge in [0, 0.05) is 24.2 Å². The molecule has 1 rings (SSSR count). The fourth-order valence-electron chi connectivity index (χ4n) is 1.70. The third kappa shape index (κ3) is 3.68. The van der Waals surface area contributed by atoms with Gasteiger partial charge in [-0.2, -0.15) is 0 Å². The van der Waals surface area contributed by atoms with E-state index in [9.17, 15) is 4.79 Å². The van der Waals surface area contributed by atoms with Crippen LogP contribution in [0.5, 0.6) is 0 Å². The number of carbonyl (C=O) groups excluding carboxylic acids is 1. The predicted octanol–water partition coefficient (Wildman–Crippen LogP) is 2.73. The van der Waals surface area contributed by atoms with Crippen LogP contribution in [0.15, 0.2) is 37.5 Å². The standard InChI is InChI=1S/C15H20N2O2/c1-6-8-14-16-13(10-19-15(18)11(3)4)12(5)17(14)9-7-2/h6-7H,1-3,8-10H2,4-5H3. The summed E-state index contributed by atoms with van der Waals surface area (Å²) in [6, 6.07) is 0. The first-order valence-corrected chi connectivity index (χ1v) is 6.10. The minimum atomic E-state index is -0.400. The molecule has 0 fully saturated rings. The van der Waals surface area contributed by atoms with Crippen LogP contribution in [-0.4, -0.2) is 15.5 Å². The predicted molar refractivity (Wildman–Crippen MR) is 75.7 cm³/mol. The Hall–Kier alpha value is -2.10. The van der Waals surface area contributed by atoms with Crippen LogP contribution in [0.25, 0.3) is 0 Å². The van der Waals surface area contributed by atoms with E-state index in [4.69, 9.17) is 4.74 Å². The van der Waals surface area contributed by atoms with Crippen molar-refractivity contribution < 1.29 is 9.53 Å². The van der Waals surface area contributed by atoms with Gasteiger partial charge in [0.15, 0.2) is 0 Å². The maximum Gasteiger partial charge on any atom is 0.333 e. The van der Waals surface area contributed by atoms with Gasteiger partial charge in [-0.25, -0.2) is 9.78 Å². The summed E-state index contributed by atoms with van der Waals surface area (Å²) in [6.45, 7) is 15.4. The average molecular weight is 260 g/mol. The highest BCUT2D eigenvalue weighted by atomic mass is 16.5. The molecule has 1 heterocycles. The van der Waals surface area contributed by atoms with Gasteiger partial charge in [0.05, 0.1) is 5.69 Å². The molecular formula is C15H20N2O2. The Kier molecular flexibility index (Phi) is 5.30. The third-order valence-corrected chi connectivity index (χ3v) is 2.73. The highest BCUT2D eigenvalue weighted by molar-refractivity contribution is 5.86. The zero-order valence-electron chi connectivity index (χ0n) is 11.6. The van der Waals surface area contributed by atoms with Gasteiger partial charge in [-0.1, -0.05) is 18.7 Å². The molecule has 0 saturated heterocycles. The quantitative estimate of drug-likeness (QED) is 0.430. The van der Waals surface area contributed by atoms with E-state index in [1.807, 2.05) is 17.6 Å². The molecule has 0 aliphatic rings. The van der Waals surface area contributed by atoms with Crippen molar-refractivity contribution in [2.24, 2.45) is 0 Å². The molecule has 0 amide bonds. The molecule has 102 valence electrons. The fourth-order valence-corrected chi connectivity index (χ4v) is 1.70. The highest BCUT2D eigenvalue weighted by Gasteiger charge is 2.14. The number of aromatic nitrogens is 2. The maximum absolute atomic E-state index is 11.4. The van der Waals surface area contributed by atoms with Crippen molar-refractivity contribution in [3.8, 4) is 0 Å². The molecule has 4 heteroatoms. The molecule has 0 aliphatic carbocycles. The number of imidazole rings is 1. The lowest BCUT2D eigenvalue weighted by Gasteiger charge is -2.06. The minimum Gasteiger partial charge on any atom is -0.456 e. The lowest BCUT2D eigenvalue weighted by atomic mass is 10.3. The Morgan fingerprint density at radius 3 is 2.63 bits per heavy atom. The Balaban J connectivity index is 2.92. The second-order valence-corrected chi connectivity index (χ2v) is 4.31. The molecule has 0 saturated carbocycles. The van der Waals surface area contributed by atoms with Crippen molar-refractivity contribution in [1.82, 2.24) is 9.55 Å². The SMILES string of the molecule is C=CCc1nc(COC(=O)C(=C)C)c(C)n1CC=C. The summed E-state index contributed by atoms with van der Waals surface area (Å²) in [5.74, 6) is 0.497. The minimum absolute atomic E-state index is 0.159. The Morgan fingerprint density at radius 2 is 2.11 bits per heavy atom. The van der Waals surface area contributed by atoms with Crippen molar-refractivity contribution in [3.05, 3.63) is 54.7 Å². The van der Waals surface area contributed by atoms with Crippen molar-refractivity contribution in [2.45, 2.75) is 33.4 Å². The van der Waals surface area contributed by atoms with Crippen LogP contribution in [0.3, 0.4) is 0 Å². The summed E-state index contributed by atoms with van der Waals surface area (Å²) in [4.78, 5) is 15.9. The smallest absolute Gasteiger partial charge is 0.333 e. The average Bonchev–Trinajstić information content (AvgIpc) is 2.65. The first-order valence-electron chi connectivity index (χ1n) is 6.10. The van der Waals surface area contributed by atoms with Crippen molar-refractivity contribution >= 4 is 5.97 Å². The molecule has 0 radical (unpaired) electrons. The van der Waals surface area contributed by atoms with Crippen molar-refractivity contribution in [3.63, 3.8) is 0 Å². The van der Waals surface area contributed by atoms with Gasteiger partial charge in [-0.3, -0.25) is 0 Å². The molecular weight excluding hydrogens is 240 g/mol. The number of rotatable bonds is 7. The monoisotopic (exact) mass is 260 g/mol. The van der Waals surface area contributed by atoms with Gasteiger partial charge in [0.25, 0.3) is 0 Å². The topological polar surface area (TPSA) is 44.1 Å². The van der Waals surface area contributed by atoms with E-state index in [-0.39, 0.29) is 6.61 Å². The lowest BCUT2D eigenvalue weighted by molar-refractivity contribution is -0.140. The number of allylic oxidation sites excluding steroid dienone is 2. The molecule has 0 aromatic carbocycles. The molecule has 1 aromatic rings. The number of hydrogen-bond acceptors (Lipinski definition) is 3. The van der Waals surface area contributed by atoms with E-state index in [0.29, 0.717) is 18.5 Å². The van der Waals surface area contributed by atoms with Crippen LogP contribution in [-0.2, 0) is 29.1 Å². The van der Waals surface area contributed by atoms with E-state index in [2.05, 4.69) is 24.7 Å². The number of nitrogens with zero attached hydrogens (tertiary/aromatic N) is 2. The zero-order valence-corrected chi connectivity index (χ0v) is 11.6. The molecule has 0 unspecified atom stereocenters. The summed E-state index contributed by atoms with van der Waals surface area (Å²) in [5.41, 5.74) is 2.12.